The molecule has 3 aromatic heterocycles. The molecule has 30 heavy (non-hydrogen) atoms. The highest BCUT2D eigenvalue weighted by atomic mass is 16.5. The van der Waals surface area contributed by atoms with Crippen molar-refractivity contribution in [2.75, 3.05) is 0 Å². The van der Waals surface area contributed by atoms with E-state index in [0.29, 0.717) is 30.3 Å². The predicted octanol–water partition coefficient (Wildman–Crippen LogP) is 3.90. The third kappa shape index (κ3) is 4.12. The highest BCUT2D eigenvalue weighted by molar-refractivity contribution is 5.92. The second-order valence-electron chi connectivity index (χ2n) is 6.92. The average Bonchev–Trinajstić information content (AvgIpc) is 3.41. The van der Waals surface area contributed by atoms with Crippen LogP contribution in [-0.4, -0.2) is 26.2 Å². The van der Waals surface area contributed by atoms with Crippen molar-refractivity contribution in [1.29, 1.82) is 0 Å². The first-order chi connectivity index (χ1) is 14.5. The smallest absolute Gasteiger partial charge is 0.273 e. The van der Waals surface area contributed by atoms with Crippen molar-refractivity contribution in [3.8, 4) is 22.6 Å². The van der Waals surface area contributed by atoms with Crippen LogP contribution in [0.3, 0.4) is 0 Å². The van der Waals surface area contributed by atoms with E-state index < -0.39 is 0 Å². The first kappa shape index (κ1) is 19.5. The zero-order valence-corrected chi connectivity index (χ0v) is 17.0. The van der Waals surface area contributed by atoms with Gasteiger partial charge < -0.3 is 14.4 Å². The van der Waals surface area contributed by atoms with Crippen LogP contribution in [0.4, 0.5) is 0 Å². The summed E-state index contributed by atoms with van der Waals surface area (Å²) in [5, 5.41) is 10.6. The standard InChI is InChI=1S/C22H21N5O3/c1-4-17-10-19(27-29-17)22(28)24-11-15-5-7-16(8-6-15)21-18(12-23-14(3)25-21)20-9-13(2)26-30-20/h5-10,12H,4,11H2,1-3H3,(H,24,28). The molecule has 4 rings (SSSR count). The van der Waals surface area contributed by atoms with E-state index in [2.05, 4.69) is 25.6 Å². The topological polar surface area (TPSA) is 107 Å². The quantitative estimate of drug-likeness (QED) is 0.520. The van der Waals surface area contributed by atoms with Crippen LogP contribution < -0.4 is 5.32 Å². The molecule has 0 aliphatic heterocycles. The van der Waals surface area contributed by atoms with Crippen LogP contribution in [0.5, 0.6) is 0 Å². The van der Waals surface area contributed by atoms with E-state index in [-0.39, 0.29) is 11.6 Å². The van der Waals surface area contributed by atoms with Crippen LogP contribution in [0.15, 0.2) is 51.6 Å². The SMILES string of the molecule is CCc1cc(C(=O)NCc2ccc(-c3nc(C)ncc3-c3cc(C)no3)cc2)no1. The first-order valence-corrected chi connectivity index (χ1v) is 9.64. The molecule has 0 aliphatic carbocycles. The summed E-state index contributed by atoms with van der Waals surface area (Å²) >= 11 is 0. The molecule has 0 spiro atoms. The minimum atomic E-state index is -0.267. The summed E-state index contributed by atoms with van der Waals surface area (Å²) in [6.45, 7) is 6.03. The fraction of sp³-hybridized carbons (Fsp3) is 0.227. The molecule has 0 fully saturated rings. The molecule has 8 nitrogen and oxygen atoms in total. The number of amides is 1. The van der Waals surface area contributed by atoms with Gasteiger partial charge in [-0.1, -0.05) is 41.5 Å². The molecule has 1 amide bonds. The first-order valence-electron chi connectivity index (χ1n) is 9.64. The molecule has 0 atom stereocenters. The number of carbonyl (C=O) groups is 1. The van der Waals surface area contributed by atoms with Gasteiger partial charge in [0, 0.05) is 36.9 Å². The zero-order chi connectivity index (χ0) is 21.1. The van der Waals surface area contributed by atoms with Gasteiger partial charge in [0.1, 0.15) is 11.6 Å². The lowest BCUT2D eigenvalue weighted by Crippen LogP contribution is -2.23. The van der Waals surface area contributed by atoms with E-state index in [0.717, 1.165) is 28.1 Å². The van der Waals surface area contributed by atoms with Crippen molar-refractivity contribution >= 4 is 5.91 Å². The predicted molar refractivity (Wildman–Crippen MR) is 109 cm³/mol. The van der Waals surface area contributed by atoms with Gasteiger partial charge in [0.05, 0.1) is 17.0 Å². The highest BCUT2D eigenvalue weighted by Crippen LogP contribution is 2.30. The van der Waals surface area contributed by atoms with Crippen LogP contribution in [-0.2, 0) is 13.0 Å². The van der Waals surface area contributed by atoms with Crippen molar-refractivity contribution in [3.05, 3.63) is 71.1 Å². The van der Waals surface area contributed by atoms with Crippen LogP contribution in [0.1, 0.15) is 40.3 Å². The van der Waals surface area contributed by atoms with Crippen molar-refractivity contribution < 1.29 is 13.8 Å². The van der Waals surface area contributed by atoms with Crippen molar-refractivity contribution in [1.82, 2.24) is 25.6 Å². The maximum Gasteiger partial charge on any atom is 0.273 e. The summed E-state index contributed by atoms with van der Waals surface area (Å²) < 4.78 is 10.5. The van der Waals surface area contributed by atoms with Gasteiger partial charge in [0.2, 0.25) is 0 Å². The molecular formula is C22H21N5O3. The van der Waals surface area contributed by atoms with Crippen molar-refractivity contribution in [2.45, 2.75) is 33.7 Å². The summed E-state index contributed by atoms with van der Waals surface area (Å²) in [4.78, 5) is 21.1. The van der Waals surface area contributed by atoms with Crippen LogP contribution >= 0.6 is 0 Å². The Hall–Kier alpha value is -3.81. The van der Waals surface area contributed by atoms with Gasteiger partial charge in [-0.3, -0.25) is 4.79 Å². The lowest BCUT2D eigenvalue weighted by atomic mass is 10.0. The van der Waals surface area contributed by atoms with Gasteiger partial charge in [-0.25, -0.2) is 9.97 Å². The minimum Gasteiger partial charge on any atom is -0.361 e. The number of aryl methyl sites for hydroxylation is 3. The molecule has 3 heterocycles. The number of hydrogen-bond acceptors (Lipinski definition) is 7. The molecule has 0 saturated heterocycles. The number of carbonyl (C=O) groups excluding carboxylic acids is 1. The Morgan fingerprint density at radius 2 is 1.87 bits per heavy atom. The number of nitrogens with one attached hydrogen (secondary N) is 1. The number of hydrogen-bond donors (Lipinski definition) is 1. The Labute approximate surface area is 173 Å². The molecule has 0 radical (unpaired) electrons. The summed E-state index contributed by atoms with van der Waals surface area (Å²) in [5.74, 6) is 1.71. The van der Waals surface area contributed by atoms with Gasteiger partial charge in [0.25, 0.3) is 5.91 Å². The molecule has 0 bridgehead atoms. The van der Waals surface area contributed by atoms with Gasteiger partial charge in [-0.15, -0.1) is 0 Å². The number of nitrogens with zero attached hydrogens (tertiary/aromatic N) is 4. The lowest BCUT2D eigenvalue weighted by molar-refractivity contribution is 0.0941. The van der Waals surface area contributed by atoms with Gasteiger partial charge in [-0.2, -0.15) is 0 Å². The summed E-state index contributed by atoms with van der Waals surface area (Å²) in [5.41, 5.74) is 4.49. The molecule has 0 aliphatic rings. The van der Waals surface area contributed by atoms with Crippen LogP contribution in [0.25, 0.3) is 22.6 Å². The Balaban J connectivity index is 1.51. The van der Waals surface area contributed by atoms with Crippen LogP contribution in [0, 0.1) is 13.8 Å². The number of rotatable bonds is 6. The van der Waals surface area contributed by atoms with Crippen molar-refractivity contribution in [3.63, 3.8) is 0 Å². The maximum atomic E-state index is 12.2. The van der Waals surface area contributed by atoms with E-state index in [4.69, 9.17) is 9.05 Å². The minimum absolute atomic E-state index is 0.267. The van der Waals surface area contributed by atoms with Gasteiger partial charge in [-0.05, 0) is 19.4 Å². The van der Waals surface area contributed by atoms with E-state index in [1.807, 2.05) is 51.1 Å². The van der Waals surface area contributed by atoms with E-state index in [1.54, 1.807) is 12.3 Å². The van der Waals surface area contributed by atoms with Crippen LogP contribution in [0.2, 0.25) is 0 Å². The molecule has 1 N–H and O–H groups in total. The number of aromatic nitrogens is 4. The van der Waals surface area contributed by atoms with E-state index >= 15 is 0 Å². The van der Waals surface area contributed by atoms with Gasteiger partial charge >= 0.3 is 0 Å². The fourth-order valence-electron chi connectivity index (χ4n) is 3.00. The maximum absolute atomic E-state index is 12.2. The third-order valence-electron chi connectivity index (χ3n) is 4.62. The monoisotopic (exact) mass is 403 g/mol. The van der Waals surface area contributed by atoms with Gasteiger partial charge in [0.15, 0.2) is 11.5 Å². The zero-order valence-electron chi connectivity index (χ0n) is 17.0. The molecular weight excluding hydrogens is 382 g/mol. The van der Waals surface area contributed by atoms with Crippen molar-refractivity contribution in [2.24, 2.45) is 0 Å². The van der Waals surface area contributed by atoms with E-state index in [1.165, 1.54) is 0 Å². The second kappa shape index (κ2) is 8.28. The fourth-order valence-corrected chi connectivity index (χ4v) is 3.00. The summed E-state index contributed by atoms with van der Waals surface area (Å²) in [6, 6.07) is 11.3. The normalized spacial score (nSPS) is 10.9. The largest absolute Gasteiger partial charge is 0.361 e. The molecule has 8 heteroatoms. The third-order valence-corrected chi connectivity index (χ3v) is 4.62. The molecule has 0 unspecified atom stereocenters. The Morgan fingerprint density at radius 1 is 1.07 bits per heavy atom. The average molecular weight is 403 g/mol. The Kier molecular flexibility index (Phi) is 5.38. The Bertz CT molecular complexity index is 1180. The Morgan fingerprint density at radius 3 is 2.53 bits per heavy atom. The van der Waals surface area contributed by atoms with E-state index in [9.17, 15) is 4.79 Å². The summed E-state index contributed by atoms with van der Waals surface area (Å²) in [7, 11) is 0. The second-order valence-corrected chi connectivity index (χ2v) is 6.92. The molecule has 1 aromatic carbocycles. The number of benzene rings is 1. The summed E-state index contributed by atoms with van der Waals surface area (Å²) in [6.07, 6.45) is 2.44. The highest BCUT2D eigenvalue weighted by Gasteiger charge is 2.15. The molecule has 0 saturated carbocycles. The molecule has 4 aromatic rings. The lowest BCUT2D eigenvalue weighted by Gasteiger charge is -2.08. The molecule has 152 valence electrons.